The highest BCUT2D eigenvalue weighted by Gasteiger charge is 2.17. The van der Waals surface area contributed by atoms with Gasteiger partial charge in [-0.25, -0.2) is 4.98 Å². The Morgan fingerprint density at radius 1 is 1.42 bits per heavy atom. The van der Waals surface area contributed by atoms with Crippen LogP contribution in [0.2, 0.25) is 0 Å². The number of aromatic nitrogens is 1. The van der Waals surface area contributed by atoms with Crippen LogP contribution in [0.3, 0.4) is 0 Å². The maximum absolute atomic E-state index is 9.37. The zero-order valence-electron chi connectivity index (χ0n) is 12.2. The number of aliphatic hydroxyl groups excluding tert-OH is 1. The van der Waals surface area contributed by atoms with Gasteiger partial charge in [-0.15, -0.1) is 11.3 Å². The summed E-state index contributed by atoms with van der Waals surface area (Å²) in [5.74, 6) is 0.841. The minimum Gasteiger partial charge on any atom is -0.391 e. The van der Waals surface area contributed by atoms with Crippen molar-refractivity contribution >= 4 is 11.3 Å². The largest absolute Gasteiger partial charge is 0.391 e. The topological polar surface area (TPSA) is 36.4 Å². The summed E-state index contributed by atoms with van der Waals surface area (Å²) in [5, 5.41) is 10.6. The van der Waals surface area contributed by atoms with Gasteiger partial charge in [0.25, 0.3) is 0 Å². The molecule has 1 N–H and O–H groups in total. The van der Waals surface area contributed by atoms with E-state index in [-0.39, 0.29) is 6.61 Å². The SMILES string of the molecule is CCCc1nc(CCN2CCCC(C)C2)sc1CO. The van der Waals surface area contributed by atoms with Gasteiger partial charge in [0.2, 0.25) is 0 Å². The van der Waals surface area contributed by atoms with Gasteiger partial charge in [-0.1, -0.05) is 20.3 Å². The van der Waals surface area contributed by atoms with Crippen LogP contribution in [-0.4, -0.2) is 34.6 Å². The molecule has 1 aromatic heterocycles. The Kier molecular flexibility index (Phi) is 5.79. The predicted molar refractivity (Wildman–Crippen MR) is 80.6 cm³/mol. The van der Waals surface area contributed by atoms with Crippen molar-refractivity contribution in [2.75, 3.05) is 19.6 Å². The van der Waals surface area contributed by atoms with Crippen LogP contribution in [-0.2, 0) is 19.4 Å². The second kappa shape index (κ2) is 7.36. The number of rotatable bonds is 6. The maximum atomic E-state index is 9.37. The molecule has 2 rings (SSSR count). The Bertz CT molecular complexity index is 391. The summed E-state index contributed by atoms with van der Waals surface area (Å²) in [4.78, 5) is 8.34. The predicted octanol–water partition coefficient (Wildman–Crippen LogP) is 2.86. The van der Waals surface area contributed by atoms with Gasteiger partial charge in [0.1, 0.15) is 0 Å². The second-order valence-corrected chi connectivity index (χ2v) is 6.85. The van der Waals surface area contributed by atoms with Crippen molar-refractivity contribution in [3.8, 4) is 0 Å². The molecular weight excluding hydrogens is 256 g/mol. The van der Waals surface area contributed by atoms with Crippen molar-refractivity contribution in [2.24, 2.45) is 5.92 Å². The molecule has 0 spiro atoms. The van der Waals surface area contributed by atoms with Gasteiger partial charge in [0, 0.05) is 19.5 Å². The third-order valence-electron chi connectivity index (χ3n) is 3.84. The molecule has 0 radical (unpaired) electrons. The Labute approximate surface area is 120 Å². The van der Waals surface area contributed by atoms with Crippen LogP contribution in [0.25, 0.3) is 0 Å². The molecule has 3 nitrogen and oxygen atoms in total. The molecule has 1 aliphatic rings. The van der Waals surface area contributed by atoms with Crippen LogP contribution in [0.4, 0.5) is 0 Å². The second-order valence-electron chi connectivity index (χ2n) is 5.68. The zero-order valence-corrected chi connectivity index (χ0v) is 13.0. The summed E-state index contributed by atoms with van der Waals surface area (Å²) in [6.45, 7) is 8.25. The number of piperidine rings is 1. The average Bonchev–Trinajstić information content (AvgIpc) is 2.79. The minimum absolute atomic E-state index is 0.147. The fourth-order valence-electron chi connectivity index (χ4n) is 2.84. The maximum Gasteiger partial charge on any atom is 0.0944 e. The molecule has 0 aromatic carbocycles. The van der Waals surface area contributed by atoms with E-state index in [4.69, 9.17) is 4.98 Å². The van der Waals surface area contributed by atoms with Gasteiger partial charge in [-0.05, 0) is 31.7 Å². The highest BCUT2D eigenvalue weighted by Crippen LogP contribution is 2.22. The number of likely N-dealkylation sites (tertiary alicyclic amines) is 1. The first kappa shape index (κ1) is 14.9. The Hall–Kier alpha value is -0.450. The number of hydrogen-bond donors (Lipinski definition) is 1. The fraction of sp³-hybridized carbons (Fsp3) is 0.800. The number of thiazole rings is 1. The van der Waals surface area contributed by atoms with Crippen LogP contribution in [0.15, 0.2) is 0 Å². The van der Waals surface area contributed by atoms with E-state index in [1.54, 1.807) is 11.3 Å². The van der Waals surface area contributed by atoms with E-state index in [1.165, 1.54) is 30.9 Å². The van der Waals surface area contributed by atoms with E-state index in [0.29, 0.717) is 0 Å². The van der Waals surface area contributed by atoms with Crippen LogP contribution < -0.4 is 0 Å². The molecule has 2 heterocycles. The highest BCUT2D eigenvalue weighted by molar-refractivity contribution is 7.11. The van der Waals surface area contributed by atoms with Crippen molar-refractivity contribution in [3.05, 3.63) is 15.6 Å². The number of aliphatic hydroxyl groups is 1. The van der Waals surface area contributed by atoms with E-state index >= 15 is 0 Å². The molecule has 19 heavy (non-hydrogen) atoms. The van der Waals surface area contributed by atoms with Crippen LogP contribution in [0, 0.1) is 5.92 Å². The first-order chi connectivity index (χ1) is 9.22. The van der Waals surface area contributed by atoms with Crippen molar-refractivity contribution < 1.29 is 5.11 Å². The number of nitrogens with zero attached hydrogens (tertiary/aromatic N) is 2. The molecule has 4 heteroatoms. The standard InChI is InChI=1S/C15H26N2OS/c1-3-5-13-14(11-18)19-15(16-13)7-9-17-8-4-6-12(2)10-17/h12,18H,3-11H2,1-2H3. The molecule has 0 aliphatic carbocycles. The average molecular weight is 282 g/mol. The van der Waals surface area contributed by atoms with Gasteiger partial charge >= 0.3 is 0 Å². The lowest BCUT2D eigenvalue weighted by molar-refractivity contribution is 0.186. The quantitative estimate of drug-likeness (QED) is 0.871. The molecule has 1 aromatic rings. The molecule has 1 fully saturated rings. The Morgan fingerprint density at radius 2 is 2.26 bits per heavy atom. The van der Waals surface area contributed by atoms with Crippen molar-refractivity contribution in [2.45, 2.75) is 52.6 Å². The summed E-state index contributed by atoms with van der Waals surface area (Å²) in [6.07, 6.45) is 5.84. The van der Waals surface area contributed by atoms with Gasteiger partial charge < -0.3 is 10.0 Å². The lowest BCUT2D eigenvalue weighted by Crippen LogP contribution is -2.35. The van der Waals surface area contributed by atoms with Crippen LogP contribution in [0.5, 0.6) is 0 Å². The molecular formula is C15H26N2OS. The normalized spacial score (nSPS) is 20.9. The molecule has 108 valence electrons. The fourth-order valence-corrected chi connectivity index (χ4v) is 3.81. The summed E-state index contributed by atoms with van der Waals surface area (Å²) in [5.41, 5.74) is 1.12. The number of hydrogen-bond acceptors (Lipinski definition) is 4. The number of aryl methyl sites for hydroxylation is 1. The van der Waals surface area contributed by atoms with Crippen molar-refractivity contribution in [3.63, 3.8) is 0 Å². The van der Waals surface area contributed by atoms with E-state index in [1.807, 2.05) is 0 Å². The van der Waals surface area contributed by atoms with Crippen molar-refractivity contribution in [1.29, 1.82) is 0 Å². The molecule has 1 aliphatic heterocycles. The third kappa shape index (κ3) is 4.26. The monoisotopic (exact) mass is 282 g/mol. The molecule has 0 amide bonds. The zero-order chi connectivity index (χ0) is 13.7. The molecule has 1 unspecified atom stereocenters. The van der Waals surface area contributed by atoms with Crippen LogP contribution in [0.1, 0.15) is 48.7 Å². The minimum atomic E-state index is 0.147. The molecule has 0 bridgehead atoms. The first-order valence-corrected chi connectivity index (χ1v) is 8.35. The third-order valence-corrected chi connectivity index (χ3v) is 4.98. The molecule has 1 saturated heterocycles. The van der Waals surface area contributed by atoms with Gasteiger partial charge in [-0.2, -0.15) is 0 Å². The van der Waals surface area contributed by atoms with Crippen LogP contribution >= 0.6 is 11.3 Å². The Morgan fingerprint density at radius 3 is 2.95 bits per heavy atom. The smallest absolute Gasteiger partial charge is 0.0944 e. The molecule has 1 atom stereocenters. The van der Waals surface area contributed by atoms with E-state index in [9.17, 15) is 5.11 Å². The summed E-state index contributed by atoms with van der Waals surface area (Å²) in [6, 6.07) is 0. The van der Waals surface area contributed by atoms with Gasteiger partial charge in [-0.3, -0.25) is 0 Å². The van der Waals surface area contributed by atoms with E-state index in [2.05, 4.69) is 18.7 Å². The Balaban J connectivity index is 1.88. The van der Waals surface area contributed by atoms with Crippen molar-refractivity contribution in [1.82, 2.24) is 9.88 Å². The lowest BCUT2D eigenvalue weighted by atomic mass is 10.0. The highest BCUT2D eigenvalue weighted by atomic mass is 32.1. The van der Waals surface area contributed by atoms with Gasteiger partial charge in [0.05, 0.1) is 22.2 Å². The summed E-state index contributed by atoms with van der Waals surface area (Å²) >= 11 is 1.70. The first-order valence-electron chi connectivity index (χ1n) is 7.53. The summed E-state index contributed by atoms with van der Waals surface area (Å²) in [7, 11) is 0. The van der Waals surface area contributed by atoms with E-state index in [0.717, 1.165) is 42.3 Å². The van der Waals surface area contributed by atoms with Gasteiger partial charge in [0.15, 0.2) is 0 Å². The lowest BCUT2D eigenvalue weighted by Gasteiger charge is -2.30. The molecule has 0 saturated carbocycles. The van der Waals surface area contributed by atoms with E-state index < -0.39 is 0 Å². The summed E-state index contributed by atoms with van der Waals surface area (Å²) < 4.78 is 0.